The van der Waals surface area contributed by atoms with E-state index in [2.05, 4.69) is 5.32 Å². The van der Waals surface area contributed by atoms with E-state index in [1.165, 1.54) is 12.0 Å². The Hall–Kier alpha value is -2.14. The number of aryl methyl sites for hydroxylation is 1. The van der Waals surface area contributed by atoms with Crippen LogP contribution < -0.4 is 14.4 Å². The van der Waals surface area contributed by atoms with Crippen LogP contribution in [0.15, 0.2) is 53.4 Å². The van der Waals surface area contributed by atoms with Crippen LogP contribution in [0.1, 0.15) is 12.0 Å². The lowest BCUT2D eigenvalue weighted by Crippen LogP contribution is -2.46. The summed E-state index contributed by atoms with van der Waals surface area (Å²) in [6.07, 6.45) is 0.971. The number of rotatable bonds is 4. The number of nitrogens with zero attached hydrogens (tertiary/aromatic N) is 1. The largest absolute Gasteiger partial charge is 0.420 e. The van der Waals surface area contributed by atoms with Crippen molar-refractivity contribution in [2.75, 3.05) is 18.0 Å². The van der Waals surface area contributed by atoms with Gasteiger partial charge in [-0.1, -0.05) is 18.2 Å². The Kier molecular flexibility index (Phi) is 4.53. The van der Waals surface area contributed by atoms with E-state index in [4.69, 9.17) is 4.18 Å². The maximum absolute atomic E-state index is 11.8. The molecule has 0 aliphatic carbocycles. The molecule has 2 amide bonds. The number of carbonyl (C=O) groups excluding carboxylic acids is 1. The molecule has 2 aromatic carbocycles. The predicted molar refractivity (Wildman–Crippen MR) is 89.5 cm³/mol. The summed E-state index contributed by atoms with van der Waals surface area (Å²) in [6, 6.07) is 15.8. The summed E-state index contributed by atoms with van der Waals surface area (Å²) in [5, 5.41) is 2.86. The third kappa shape index (κ3) is 3.36. The molecule has 0 spiro atoms. The van der Waals surface area contributed by atoms with Crippen molar-refractivity contribution in [3.63, 3.8) is 0 Å². The van der Waals surface area contributed by atoms with Crippen molar-refractivity contribution >= 4 is 23.8 Å². The molecule has 0 aromatic heterocycles. The Bertz CT molecular complexity index is 658. The second kappa shape index (κ2) is 6.75. The van der Waals surface area contributed by atoms with Gasteiger partial charge in [0.25, 0.3) is 0 Å². The molecule has 1 aliphatic heterocycles. The van der Waals surface area contributed by atoms with E-state index in [0.29, 0.717) is 0 Å². The van der Waals surface area contributed by atoms with Crippen LogP contribution in [0.4, 0.5) is 10.5 Å². The number of para-hydroxylation sites is 1. The summed E-state index contributed by atoms with van der Waals surface area (Å²) < 4.78 is 5.75. The van der Waals surface area contributed by atoms with Gasteiger partial charge in [-0.3, -0.25) is 4.90 Å². The SMILES string of the molecule is Cc1ccccc1OSc1ccc(N2CCCNC2=O)cc1. The zero-order valence-corrected chi connectivity index (χ0v) is 13.2. The molecule has 1 saturated heterocycles. The van der Waals surface area contributed by atoms with E-state index in [9.17, 15) is 4.79 Å². The average molecular weight is 314 g/mol. The molecule has 0 radical (unpaired) electrons. The minimum Gasteiger partial charge on any atom is -0.420 e. The van der Waals surface area contributed by atoms with Crippen LogP contribution in [0, 0.1) is 6.92 Å². The average Bonchev–Trinajstić information content (AvgIpc) is 2.55. The van der Waals surface area contributed by atoms with Gasteiger partial charge in [-0.15, -0.1) is 0 Å². The highest BCUT2D eigenvalue weighted by Gasteiger charge is 2.18. The second-order valence-corrected chi connectivity index (χ2v) is 5.97. The number of hydrogen-bond donors (Lipinski definition) is 1. The third-order valence-corrected chi connectivity index (χ3v) is 4.28. The van der Waals surface area contributed by atoms with Crippen molar-refractivity contribution in [1.82, 2.24) is 5.32 Å². The zero-order chi connectivity index (χ0) is 15.4. The van der Waals surface area contributed by atoms with Gasteiger partial charge in [0.1, 0.15) is 5.75 Å². The summed E-state index contributed by atoms with van der Waals surface area (Å²) in [5.74, 6) is 0.868. The first kappa shape index (κ1) is 14.8. The fraction of sp³-hybridized carbons (Fsp3) is 0.235. The Labute approximate surface area is 134 Å². The molecule has 1 aliphatic rings. The first-order valence-electron chi connectivity index (χ1n) is 7.29. The van der Waals surface area contributed by atoms with Crippen molar-refractivity contribution < 1.29 is 8.98 Å². The van der Waals surface area contributed by atoms with Crippen LogP contribution in [0.5, 0.6) is 5.75 Å². The topological polar surface area (TPSA) is 41.6 Å². The summed E-state index contributed by atoms with van der Waals surface area (Å²) in [7, 11) is 0. The number of amides is 2. The van der Waals surface area contributed by atoms with Gasteiger partial charge in [0.2, 0.25) is 0 Å². The minimum absolute atomic E-state index is 0.0252. The monoisotopic (exact) mass is 314 g/mol. The molecule has 0 bridgehead atoms. The quantitative estimate of drug-likeness (QED) is 0.867. The highest BCUT2D eigenvalue weighted by molar-refractivity contribution is 7.95. The summed E-state index contributed by atoms with van der Waals surface area (Å²) >= 11 is 1.32. The molecule has 1 fully saturated rings. The van der Waals surface area contributed by atoms with Gasteiger partial charge in [0.15, 0.2) is 0 Å². The van der Waals surface area contributed by atoms with Gasteiger partial charge in [-0.2, -0.15) is 0 Å². The molecule has 5 heteroatoms. The van der Waals surface area contributed by atoms with Gasteiger partial charge < -0.3 is 9.50 Å². The van der Waals surface area contributed by atoms with Crippen molar-refractivity contribution in [1.29, 1.82) is 0 Å². The van der Waals surface area contributed by atoms with Crippen LogP contribution in [0.3, 0.4) is 0 Å². The number of carbonyl (C=O) groups is 1. The Morgan fingerprint density at radius 3 is 2.64 bits per heavy atom. The number of anilines is 1. The molecule has 22 heavy (non-hydrogen) atoms. The summed E-state index contributed by atoms with van der Waals surface area (Å²) in [4.78, 5) is 14.6. The highest BCUT2D eigenvalue weighted by Crippen LogP contribution is 2.28. The van der Waals surface area contributed by atoms with Crippen LogP contribution in [0.25, 0.3) is 0 Å². The molecule has 0 saturated carbocycles. The maximum atomic E-state index is 11.8. The molecular formula is C17H18N2O2S. The normalized spacial score (nSPS) is 14.6. The fourth-order valence-electron chi connectivity index (χ4n) is 2.30. The molecule has 0 unspecified atom stereocenters. The number of hydrogen-bond acceptors (Lipinski definition) is 3. The number of urea groups is 1. The zero-order valence-electron chi connectivity index (χ0n) is 12.4. The number of benzene rings is 2. The van der Waals surface area contributed by atoms with E-state index in [-0.39, 0.29) is 6.03 Å². The lowest BCUT2D eigenvalue weighted by atomic mass is 10.2. The van der Waals surface area contributed by atoms with E-state index in [1.54, 1.807) is 4.90 Å². The van der Waals surface area contributed by atoms with Gasteiger partial charge in [0.05, 0.1) is 12.0 Å². The standard InChI is InChI=1S/C17H18N2O2S/c1-13-5-2-3-6-16(13)21-22-15-9-7-14(8-10-15)19-12-4-11-18-17(19)20/h2-3,5-10H,4,11-12H2,1H3,(H,18,20). The van der Waals surface area contributed by atoms with E-state index >= 15 is 0 Å². The van der Waals surface area contributed by atoms with Crippen molar-refractivity contribution in [2.45, 2.75) is 18.2 Å². The van der Waals surface area contributed by atoms with Crippen LogP contribution in [-0.2, 0) is 0 Å². The molecular weight excluding hydrogens is 296 g/mol. The summed E-state index contributed by atoms with van der Waals surface area (Å²) in [6.45, 7) is 3.54. The molecule has 2 aromatic rings. The van der Waals surface area contributed by atoms with E-state index in [0.717, 1.165) is 41.4 Å². The van der Waals surface area contributed by atoms with Crippen molar-refractivity contribution in [3.05, 3.63) is 54.1 Å². The molecule has 114 valence electrons. The van der Waals surface area contributed by atoms with E-state index < -0.39 is 0 Å². The minimum atomic E-state index is -0.0252. The van der Waals surface area contributed by atoms with Gasteiger partial charge in [0, 0.05) is 23.7 Å². The molecule has 3 rings (SSSR count). The van der Waals surface area contributed by atoms with Crippen LogP contribution in [0.2, 0.25) is 0 Å². The molecule has 1 heterocycles. The molecule has 4 nitrogen and oxygen atoms in total. The van der Waals surface area contributed by atoms with Crippen LogP contribution >= 0.6 is 12.0 Å². The van der Waals surface area contributed by atoms with Crippen molar-refractivity contribution in [2.24, 2.45) is 0 Å². The lowest BCUT2D eigenvalue weighted by Gasteiger charge is -2.27. The Morgan fingerprint density at radius 2 is 1.91 bits per heavy atom. The Morgan fingerprint density at radius 1 is 1.14 bits per heavy atom. The van der Waals surface area contributed by atoms with Gasteiger partial charge >= 0.3 is 6.03 Å². The third-order valence-electron chi connectivity index (χ3n) is 3.55. The number of nitrogens with one attached hydrogen (secondary N) is 1. The predicted octanol–water partition coefficient (Wildman–Crippen LogP) is 4.00. The molecule has 0 atom stereocenters. The molecule has 1 N–H and O–H groups in total. The first-order chi connectivity index (χ1) is 10.7. The van der Waals surface area contributed by atoms with Crippen molar-refractivity contribution in [3.8, 4) is 5.75 Å². The summed E-state index contributed by atoms with van der Waals surface area (Å²) in [5.41, 5.74) is 2.02. The lowest BCUT2D eigenvalue weighted by molar-refractivity contribution is 0.243. The smallest absolute Gasteiger partial charge is 0.321 e. The maximum Gasteiger partial charge on any atom is 0.321 e. The fourth-order valence-corrected chi connectivity index (χ4v) is 2.92. The van der Waals surface area contributed by atoms with Gasteiger partial charge in [-0.05, 0) is 49.2 Å². The highest BCUT2D eigenvalue weighted by atomic mass is 32.2. The second-order valence-electron chi connectivity index (χ2n) is 5.16. The first-order valence-corrected chi connectivity index (χ1v) is 8.04. The Balaban J connectivity index is 1.64. The van der Waals surface area contributed by atoms with Crippen LogP contribution in [-0.4, -0.2) is 19.1 Å². The van der Waals surface area contributed by atoms with E-state index in [1.807, 2.05) is 55.5 Å². The van der Waals surface area contributed by atoms with Gasteiger partial charge in [-0.25, -0.2) is 4.79 Å².